The van der Waals surface area contributed by atoms with E-state index in [1.54, 1.807) is 0 Å². The maximum absolute atomic E-state index is 12.7. The zero-order valence-corrected chi connectivity index (χ0v) is 7.11. The normalized spacial score (nSPS) is 11.6. The topological polar surface area (TPSA) is 34.1 Å². The zero-order chi connectivity index (χ0) is 10.1. The molecule has 0 spiro atoms. The smallest absolute Gasteiger partial charge is 0.207 e. The zero-order valence-electron chi connectivity index (χ0n) is 6.30. The maximum atomic E-state index is 12.7. The molecule has 0 heterocycles. The third-order valence-electron chi connectivity index (χ3n) is 1.38. The minimum absolute atomic E-state index is 0.773. The van der Waals surface area contributed by atoms with Crippen molar-refractivity contribution in [3.05, 3.63) is 35.4 Å². The van der Waals surface area contributed by atoms with Crippen molar-refractivity contribution in [3.8, 4) is 0 Å². The Bertz CT molecular complexity index is 393. The molecule has 72 valence electrons. The van der Waals surface area contributed by atoms with E-state index in [0.29, 0.717) is 0 Å². The van der Waals surface area contributed by atoms with E-state index in [9.17, 15) is 21.1 Å². The van der Waals surface area contributed by atoms with Crippen molar-refractivity contribution in [3.63, 3.8) is 0 Å². The van der Waals surface area contributed by atoms with Crippen molar-refractivity contribution in [1.29, 1.82) is 0 Å². The highest BCUT2D eigenvalue weighted by Gasteiger charge is 2.16. The van der Waals surface area contributed by atoms with Gasteiger partial charge >= 0.3 is 10.2 Å². The van der Waals surface area contributed by atoms with Crippen LogP contribution in [0.5, 0.6) is 0 Å². The van der Waals surface area contributed by atoms with E-state index in [-0.39, 0.29) is 0 Å². The van der Waals surface area contributed by atoms with E-state index >= 15 is 0 Å². The largest absolute Gasteiger partial charge is 0.306 e. The van der Waals surface area contributed by atoms with E-state index in [1.165, 1.54) is 0 Å². The van der Waals surface area contributed by atoms with Crippen LogP contribution in [0.4, 0.5) is 12.7 Å². The predicted molar refractivity (Wildman–Crippen MR) is 40.1 cm³/mol. The Morgan fingerprint density at radius 1 is 1.15 bits per heavy atom. The van der Waals surface area contributed by atoms with Gasteiger partial charge in [-0.05, 0) is 12.1 Å². The van der Waals surface area contributed by atoms with Crippen molar-refractivity contribution in [2.45, 2.75) is 5.75 Å². The van der Waals surface area contributed by atoms with Crippen LogP contribution in [-0.4, -0.2) is 8.42 Å². The summed E-state index contributed by atoms with van der Waals surface area (Å²) in [6.45, 7) is 0. The minimum Gasteiger partial charge on any atom is -0.207 e. The van der Waals surface area contributed by atoms with Crippen molar-refractivity contribution >= 4 is 10.2 Å². The quantitative estimate of drug-likeness (QED) is 0.697. The number of halogens is 3. The molecule has 0 atom stereocenters. The van der Waals surface area contributed by atoms with Crippen LogP contribution in [0, 0.1) is 11.6 Å². The van der Waals surface area contributed by atoms with Crippen LogP contribution in [0.1, 0.15) is 5.56 Å². The summed E-state index contributed by atoms with van der Waals surface area (Å²) in [7, 11) is -4.90. The van der Waals surface area contributed by atoms with Crippen LogP contribution in [0.15, 0.2) is 18.2 Å². The van der Waals surface area contributed by atoms with Gasteiger partial charge in [0.05, 0.1) is 0 Å². The van der Waals surface area contributed by atoms with Gasteiger partial charge in [-0.2, -0.15) is 8.42 Å². The second-order valence-corrected chi connectivity index (χ2v) is 3.75. The fourth-order valence-corrected chi connectivity index (χ4v) is 1.46. The Morgan fingerprint density at radius 3 is 2.00 bits per heavy atom. The molecule has 6 heteroatoms. The van der Waals surface area contributed by atoms with Gasteiger partial charge in [0.2, 0.25) is 0 Å². The van der Waals surface area contributed by atoms with Gasteiger partial charge in [0.25, 0.3) is 0 Å². The molecular weight excluding hydrogens is 205 g/mol. The lowest BCUT2D eigenvalue weighted by atomic mass is 10.2. The molecule has 0 bridgehead atoms. The monoisotopic (exact) mass is 210 g/mol. The number of rotatable bonds is 2. The van der Waals surface area contributed by atoms with Crippen LogP contribution >= 0.6 is 0 Å². The van der Waals surface area contributed by atoms with E-state index in [1.807, 2.05) is 0 Å². The summed E-state index contributed by atoms with van der Waals surface area (Å²) >= 11 is 0. The molecule has 0 N–H and O–H groups in total. The first-order valence-corrected chi connectivity index (χ1v) is 4.80. The molecule has 0 unspecified atom stereocenters. The Hall–Kier alpha value is -1.04. The molecule has 0 amide bonds. The van der Waals surface area contributed by atoms with Crippen molar-refractivity contribution in [2.24, 2.45) is 0 Å². The van der Waals surface area contributed by atoms with Gasteiger partial charge in [-0.1, -0.05) is 6.07 Å². The number of hydrogen-bond acceptors (Lipinski definition) is 2. The van der Waals surface area contributed by atoms with Crippen LogP contribution in [0.25, 0.3) is 0 Å². The summed E-state index contributed by atoms with van der Waals surface area (Å²) in [6.07, 6.45) is 0. The molecule has 1 aromatic rings. The molecule has 2 nitrogen and oxygen atoms in total. The molecule has 13 heavy (non-hydrogen) atoms. The molecule has 0 aliphatic heterocycles. The van der Waals surface area contributed by atoms with Gasteiger partial charge in [0.15, 0.2) is 0 Å². The first-order chi connectivity index (χ1) is 5.90. The van der Waals surface area contributed by atoms with Gasteiger partial charge in [-0.25, -0.2) is 8.78 Å². The van der Waals surface area contributed by atoms with E-state index in [2.05, 4.69) is 0 Å². The third-order valence-corrected chi connectivity index (χ3v) is 2.01. The first-order valence-electron chi connectivity index (χ1n) is 3.25. The van der Waals surface area contributed by atoms with Crippen LogP contribution in [-0.2, 0) is 16.0 Å². The lowest BCUT2D eigenvalue weighted by molar-refractivity contribution is 0.534. The number of benzene rings is 1. The highest BCUT2D eigenvalue weighted by molar-refractivity contribution is 7.85. The number of hydrogen-bond donors (Lipinski definition) is 0. The van der Waals surface area contributed by atoms with Crippen LogP contribution in [0.3, 0.4) is 0 Å². The van der Waals surface area contributed by atoms with E-state index in [0.717, 1.165) is 18.2 Å². The second kappa shape index (κ2) is 3.37. The Balaban J connectivity index is 3.15. The maximum Gasteiger partial charge on any atom is 0.306 e. The first kappa shape index (κ1) is 10.0. The summed E-state index contributed by atoms with van der Waals surface area (Å²) in [4.78, 5) is 0. The molecule has 0 aliphatic carbocycles. The SMILES string of the molecule is O=S(=O)(F)Cc1c(F)cccc1F. The van der Waals surface area contributed by atoms with Gasteiger partial charge in [0.1, 0.15) is 17.4 Å². The van der Waals surface area contributed by atoms with Gasteiger partial charge in [0, 0.05) is 5.56 Å². The average molecular weight is 210 g/mol. The molecule has 0 fully saturated rings. The molecule has 1 aromatic carbocycles. The summed E-state index contributed by atoms with van der Waals surface area (Å²) in [6, 6.07) is 2.80. The van der Waals surface area contributed by atoms with E-state index < -0.39 is 33.2 Å². The standard InChI is InChI=1S/C7H5F3O2S/c8-6-2-1-3-7(9)5(6)4-13(10,11)12/h1-3H,4H2. The summed E-state index contributed by atoms with van der Waals surface area (Å²) in [5, 5.41) is 0. The van der Waals surface area contributed by atoms with E-state index in [4.69, 9.17) is 0 Å². The average Bonchev–Trinajstić information content (AvgIpc) is 1.95. The molecule has 1 rings (SSSR count). The third kappa shape index (κ3) is 2.73. The minimum atomic E-state index is -4.90. The Morgan fingerprint density at radius 2 is 1.62 bits per heavy atom. The molecule has 0 saturated heterocycles. The van der Waals surface area contributed by atoms with Gasteiger partial charge in [-0.15, -0.1) is 3.89 Å². The Labute approximate surface area is 73.2 Å². The highest BCUT2D eigenvalue weighted by atomic mass is 32.3. The van der Waals surface area contributed by atoms with Gasteiger partial charge < -0.3 is 0 Å². The summed E-state index contributed by atoms with van der Waals surface area (Å²) < 4.78 is 57.7. The fraction of sp³-hybridized carbons (Fsp3) is 0.143. The molecule has 0 aliphatic rings. The lowest BCUT2D eigenvalue weighted by Crippen LogP contribution is -2.02. The summed E-state index contributed by atoms with van der Waals surface area (Å²) in [5.74, 6) is -3.41. The molecule has 0 saturated carbocycles. The second-order valence-electron chi connectivity index (χ2n) is 2.38. The highest BCUT2D eigenvalue weighted by Crippen LogP contribution is 2.15. The lowest BCUT2D eigenvalue weighted by Gasteiger charge is -2.00. The van der Waals surface area contributed by atoms with Crippen molar-refractivity contribution in [1.82, 2.24) is 0 Å². The fourth-order valence-electron chi connectivity index (χ4n) is 0.843. The van der Waals surface area contributed by atoms with Crippen molar-refractivity contribution in [2.75, 3.05) is 0 Å². The molecular formula is C7H5F3O2S. The van der Waals surface area contributed by atoms with Crippen molar-refractivity contribution < 1.29 is 21.1 Å². The Kier molecular flexibility index (Phi) is 2.60. The van der Waals surface area contributed by atoms with Crippen LogP contribution < -0.4 is 0 Å². The molecule has 0 radical (unpaired) electrons. The predicted octanol–water partition coefficient (Wildman–Crippen LogP) is 1.76. The summed E-state index contributed by atoms with van der Waals surface area (Å²) in [5.41, 5.74) is -0.773. The molecule has 0 aromatic heterocycles. The van der Waals surface area contributed by atoms with Gasteiger partial charge in [-0.3, -0.25) is 0 Å². The van der Waals surface area contributed by atoms with Crippen LogP contribution in [0.2, 0.25) is 0 Å².